The van der Waals surface area contributed by atoms with Crippen molar-refractivity contribution in [1.82, 2.24) is 9.55 Å². The van der Waals surface area contributed by atoms with Crippen molar-refractivity contribution in [3.8, 4) is 0 Å². The number of nitro benzene ring substituents is 1. The van der Waals surface area contributed by atoms with Crippen molar-refractivity contribution in [2.75, 3.05) is 0 Å². The fourth-order valence-corrected chi connectivity index (χ4v) is 2.54. The third kappa shape index (κ3) is 2.77. The van der Waals surface area contributed by atoms with E-state index < -0.39 is 4.92 Å². The van der Waals surface area contributed by atoms with Crippen molar-refractivity contribution in [3.05, 3.63) is 45.8 Å². The molecule has 0 saturated carbocycles. The molecule has 0 saturated heterocycles. The number of aliphatic hydroxyl groups excluding tert-OH is 1. The van der Waals surface area contributed by atoms with Crippen LogP contribution in [0.15, 0.2) is 34.4 Å². The Balaban J connectivity index is 2.34. The molecule has 0 radical (unpaired) electrons. The van der Waals surface area contributed by atoms with E-state index in [4.69, 9.17) is 5.11 Å². The summed E-state index contributed by atoms with van der Waals surface area (Å²) in [6, 6.07) is 4.74. The number of imidazole rings is 1. The van der Waals surface area contributed by atoms with Gasteiger partial charge >= 0.3 is 0 Å². The maximum absolute atomic E-state index is 10.8. The molecular weight excluding hydrogens is 266 g/mol. The highest BCUT2D eigenvalue weighted by atomic mass is 32.2. The molecule has 0 aliphatic rings. The Morgan fingerprint density at radius 2 is 2.26 bits per heavy atom. The van der Waals surface area contributed by atoms with Crippen molar-refractivity contribution >= 4 is 17.4 Å². The minimum Gasteiger partial charge on any atom is -0.390 e. The maximum atomic E-state index is 10.8. The van der Waals surface area contributed by atoms with E-state index in [0.717, 1.165) is 10.5 Å². The summed E-state index contributed by atoms with van der Waals surface area (Å²) in [5, 5.41) is 20.6. The van der Waals surface area contributed by atoms with Crippen LogP contribution in [0, 0.1) is 17.0 Å². The zero-order valence-electron chi connectivity index (χ0n) is 10.5. The van der Waals surface area contributed by atoms with Crippen LogP contribution in [-0.2, 0) is 13.7 Å². The molecule has 0 bridgehead atoms. The maximum Gasteiger partial charge on any atom is 0.270 e. The number of benzene rings is 1. The molecule has 1 aromatic heterocycles. The van der Waals surface area contributed by atoms with Gasteiger partial charge in [0.1, 0.15) is 0 Å². The summed E-state index contributed by atoms with van der Waals surface area (Å²) >= 11 is 1.34. The van der Waals surface area contributed by atoms with Crippen LogP contribution >= 0.6 is 11.8 Å². The molecule has 1 aromatic carbocycles. The van der Waals surface area contributed by atoms with Crippen LogP contribution < -0.4 is 0 Å². The average Bonchev–Trinajstić information content (AvgIpc) is 2.73. The highest BCUT2D eigenvalue weighted by Crippen LogP contribution is 2.32. The Hall–Kier alpha value is -1.86. The average molecular weight is 279 g/mol. The van der Waals surface area contributed by atoms with Crippen molar-refractivity contribution in [2.45, 2.75) is 23.6 Å². The lowest BCUT2D eigenvalue weighted by molar-refractivity contribution is -0.385. The lowest BCUT2D eigenvalue weighted by Gasteiger charge is -2.06. The Morgan fingerprint density at radius 3 is 2.84 bits per heavy atom. The van der Waals surface area contributed by atoms with Gasteiger partial charge in [-0.2, -0.15) is 0 Å². The van der Waals surface area contributed by atoms with Crippen LogP contribution in [0.1, 0.15) is 11.3 Å². The van der Waals surface area contributed by atoms with Crippen molar-refractivity contribution in [1.29, 1.82) is 0 Å². The number of nitrogens with zero attached hydrogens (tertiary/aromatic N) is 3. The molecule has 6 nitrogen and oxygen atoms in total. The summed E-state index contributed by atoms with van der Waals surface area (Å²) in [6.07, 6.45) is 1.59. The summed E-state index contributed by atoms with van der Waals surface area (Å²) in [7, 11) is 1.80. The molecule has 0 unspecified atom stereocenters. The van der Waals surface area contributed by atoms with Crippen molar-refractivity contribution in [2.24, 2.45) is 7.05 Å². The molecule has 0 fully saturated rings. The SMILES string of the molecule is Cc1ccc([N+](=O)[O-])cc1Sc1ncc(CO)n1C. The molecule has 0 atom stereocenters. The first-order chi connectivity index (χ1) is 9.02. The van der Waals surface area contributed by atoms with Crippen LogP contribution in [0.3, 0.4) is 0 Å². The second-order valence-electron chi connectivity index (χ2n) is 4.06. The number of hydrogen-bond donors (Lipinski definition) is 1. The highest BCUT2D eigenvalue weighted by Gasteiger charge is 2.13. The summed E-state index contributed by atoms with van der Waals surface area (Å²) < 4.78 is 1.77. The van der Waals surface area contributed by atoms with Gasteiger partial charge in [-0.1, -0.05) is 17.8 Å². The van der Waals surface area contributed by atoms with Gasteiger partial charge in [-0.25, -0.2) is 4.98 Å². The molecule has 2 rings (SSSR count). The van der Waals surface area contributed by atoms with Crippen LogP contribution in [-0.4, -0.2) is 19.6 Å². The molecular formula is C12H13N3O3S. The van der Waals surface area contributed by atoms with Gasteiger partial charge in [0.25, 0.3) is 5.69 Å². The van der Waals surface area contributed by atoms with Gasteiger partial charge in [0.05, 0.1) is 23.4 Å². The van der Waals surface area contributed by atoms with Gasteiger partial charge in [0, 0.05) is 24.1 Å². The predicted octanol–water partition coefficient (Wildman–Crippen LogP) is 2.28. The fourth-order valence-electron chi connectivity index (χ4n) is 1.58. The molecule has 0 aliphatic heterocycles. The smallest absolute Gasteiger partial charge is 0.270 e. The predicted molar refractivity (Wildman–Crippen MR) is 71.1 cm³/mol. The van der Waals surface area contributed by atoms with E-state index in [0.29, 0.717) is 10.9 Å². The molecule has 1 heterocycles. The van der Waals surface area contributed by atoms with E-state index in [-0.39, 0.29) is 12.3 Å². The normalized spacial score (nSPS) is 10.7. The van der Waals surface area contributed by atoms with Crippen molar-refractivity contribution < 1.29 is 10.0 Å². The zero-order valence-corrected chi connectivity index (χ0v) is 11.3. The molecule has 0 amide bonds. The minimum absolute atomic E-state index is 0.0599. The second-order valence-corrected chi connectivity index (χ2v) is 5.07. The number of rotatable bonds is 4. The topological polar surface area (TPSA) is 81.2 Å². The van der Waals surface area contributed by atoms with Gasteiger partial charge in [-0.3, -0.25) is 10.1 Å². The molecule has 0 spiro atoms. The molecule has 1 N–H and O–H groups in total. The molecule has 2 aromatic rings. The summed E-state index contributed by atoms with van der Waals surface area (Å²) in [4.78, 5) is 15.3. The van der Waals surface area contributed by atoms with Crippen LogP contribution in [0.4, 0.5) is 5.69 Å². The lowest BCUT2D eigenvalue weighted by Crippen LogP contribution is -1.97. The standard InChI is InChI=1S/C12H13N3O3S/c1-8-3-4-9(15(17)18)5-11(8)19-12-13-6-10(7-16)14(12)2/h3-6,16H,7H2,1-2H3. The number of hydrogen-bond acceptors (Lipinski definition) is 5. The lowest BCUT2D eigenvalue weighted by atomic mass is 10.2. The van der Waals surface area contributed by atoms with Gasteiger partial charge in [-0.05, 0) is 12.5 Å². The Kier molecular flexibility index (Phi) is 3.87. The summed E-state index contributed by atoms with van der Waals surface area (Å²) in [6.45, 7) is 1.81. The number of aromatic nitrogens is 2. The first-order valence-electron chi connectivity index (χ1n) is 5.57. The zero-order chi connectivity index (χ0) is 14.0. The quantitative estimate of drug-likeness (QED) is 0.686. The van der Waals surface area contributed by atoms with Gasteiger partial charge < -0.3 is 9.67 Å². The van der Waals surface area contributed by atoms with E-state index in [1.54, 1.807) is 23.9 Å². The second kappa shape index (κ2) is 5.41. The van der Waals surface area contributed by atoms with Gasteiger partial charge in [-0.15, -0.1) is 0 Å². The van der Waals surface area contributed by atoms with Crippen LogP contribution in [0.5, 0.6) is 0 Å². The summed E-state index contributed by atoms with van der Waals surface area (Å²) in [5.74, 6) is 0. The highest BCUT2D eigenvalue weighted by molar-refractivity contribution is 7.99. The number of non-ortho nitro benzene ring substituents is 1. The number of aryl methyl sites for hydroxylation is 1. The Morgan fingerprint density at radius 1 is 1.53 bits per heavy atom. The van der Waals surface area contributed by atoms with E-state index >= 15 is 0 Å². The first-order valence-corrected chi connectivity index (χ1v) is 6.39. The van der Waals surface area contributed by atoms with E-state index in [1.807, 2.05) is 6.92 Å². The Bertz CT molecular complexity index is 625. The molecule has 0 aliphatic carbocycles. The van der Waals surface area contributed by atoms with E-state index in [1.165, 1.54) is 23.9 Å². The van der Waals surface area contributed by atoms with Crippen molar-refractivity contribution in [3.63, 3.8) is 0 Å². The summed E-state index contributed by atoms with van der Waals surface area (Å²) in [5.41, 5.74) is 1.71. The third-order valence-electron chi connectivity index (χ3n) is 2.79. The van der Waals surface area contributed by atoms with E-state index in [2.05, 4.69) is 4.98 Å². The van der Waals surface area contributed by atoms with Gasteiger partial charge in [0.2, 0.25) is 0 Å². The number of nitro groups is 1. The van der Waals surface area contributed by atoms with Crippen LogP contribution in [0.2, 0.25) is 0 Å². The third-order valence-corrected chi connectivity index (χ3v) is 4.01. The molecule has 100 valence electrons. The largest absolute Gasteiger partial charge is 0.390 e. The molecule has 19 heavy (non-hydrogen) atoms. The van der Waals surface area contributed by atoms with Crippen LogP contribution in [0.25, 0.3) is 0 Å². The fraction of sp³-hybridized carbons (Fsp3) is 0.250. The first kappa shape index (κ1) is 13.6. The van der Waals surface area contributed by atoms with E-state index in [9.17, 15) is 10.1 Å². The monoisotopic (exact) mass is 279 g/mol. The number of aliphatic hydroxyl groups is 1. The minimum atomic E-state index is -0.416. The molecule has 7 heteroatoms. The Labute approximate surface area is 114 Å². The van der Waals surface area contributed by atoms with Gasteiger partial charge in [0.15, 0.2) is 5.16 Å².